The van der Waals surface area contributed by atoms with Crippen molar-refractivity contribution >= 4 is 18.3 Å². The van der Waals surface area contributed by atoms with Gasteiger partial charge in [-0.15, -0.1) is 12.4 Å². The lowest BCUT2D eigenvalue weighted by atomic mass is 9.98. The van der Waals surface area contributed by atoms with Crippen LogP contribution in [-0.2, 0) is 0 Å². The van der Waals surface area contributed by atoms with Crippen LogP contribution in [0.3, 0.4) is 0 Å². The van der Waals surface area contributed by atoms with Gasteiger partial charge in [-0.1, -0.05) is 12.8 Å². The zero-order valence-corrected chi connectivity index (χ0v) is 13.5. The van der Waals surface area contributed by atoms with E-state index in [0.717, 1.165) is 31.2 Å². The molecule has 23 heavy (non-hydrogen) atoms. The molecule has 0 spiro atoms. The molecule has 3 rings (SSSR count). The summed E-state index contributed by atoms with van der Waals surface area (Å²) < 4.78 is 18.5. The second-order valence-electron chi connectivity index (χ2n) is 5.82. The van der Waals surface area contributed by atoms with Crippen molar-refractivity contribution in [3.63, 3.8) is 0 Å². The summed E-state index contributed by atoms with van der Waals surface area (Å²) in [6.07, 6.45) is 3.97. The lowest BCUT2D eigenvalue weighted by Crippen LogP contribution is -2.51. The van der Waals surface area contributed by atoms with Gasteiger partial charge in [-0.3, -0.25) is 4.79 Å². The smallest absolute Gasteiger partial charge is 0.287 e. The summed E-state index contributed by atoms with van der Waals surface area (Å²) in [6.45, 7) is 0.435. The molecule has 0 aliphatic heterocycles. The van der Waals surface area contributed by atoms with Crippen LogP contribution in [0.2, 0.25) is 0 Å². The van der Waals surface area contributed by atoms with Gasteiger partial charge in [0.05, 0.1) is 5.54 Å². The molecule has 1 amide bonds. The van der Waals surface area contributed by atoms with Gasteiger partial charge in [0.15, 0.2) is 5.76 Å². The predicted octanol–water partition coefficient (Wildman–Crippen LogP) is 3.51. The van der Waals surface area contributed by atoms with E-state index in [4.69, 9.17) is 10.2 Å². The number of hydrogen-bond donors (Lipinski definition) is 2. The first kappa shape index (κ1) is 17.5. The molecular formula is C17H20ClFN2O2. The summed E-state index contributed by atoms with van der Waals surface area (Å²) in [5, 5.41) is 3.01. The van der Waals surface area contributed by atoms with E-state index < -0.39 is 0 Å². The molecule has 1 aromatic heterocycles. The number of furan rings is 1. The molecule has 4 nitrogen and oxygen atoms in total. The van der Waals surface area contributed by atoms with Crippen LogP contribution in [0.5, 0.6) is 0 Å². The lowest BCUT2D eigenvalue weighted by molar-refractivity contribution is 0.0875. The molecular weight excluding hydrogens is 319 g/mol. The predicted molar refractivity (Wildman–Crippen MR) is 89.1 cm³/mol. The molecule has 3 N–H and O–H groups in total. The number of halogens is 2. The van der Waals surface area contributed by atoms with Gasteiger partial charge in [0.2, 0.25) is 0 Å². The number of benzene rings is 1. The van der Waals surface area contributed by atoms with Gasteiger partial charge in [-0.2, -0.15) is 0 Å². The van der Waals surface area contributed by atoms with E-state index >= 15 is 0 Å². The Bertz CT molecular complexity index is 663. The first-order chi connectivity index (χ1) is 10.6. The molecule has 0 atom stereocenters. The minimum Gasteiger partial charge on any atom is -0.451 e. The van der Waals surface area contributed by atoms with Crippen molar-refractivity contribution in [1.29, 1.82) is 0 Å². The van der Waals surface area contributed by atoms with Crippen molar-refractivity contribution in [3.8, 4) is 11.3 Å². The maximum absolute atomic E-state index is 12.9. The third-order valence-electron chi connectivity index (χ3n) is 4.29. The van der Waals surface area contributed by atoms with Crippen molar-refractivity contribution < 1.29 is 13.6 Å². The van der Waals surface area contributed by atoms with Gasteiger partial charge in [0, 0.05) is 12.1 Å². The zero-order valence-electron chi connectivity index (χ0n) is 12.7. The Morgan fingerprint density at radius 2 is 1.83 bits per heavy atom. The fourth-order valence-electron chi connectivity index (χ4n) is 2.96. The molecule has 0 radical (unpaired) electrons. The van der Waals surface area contributed by atoms with Crippen LogP contribution in [0, 0.1) is 5.82 Å². The summed E-state index contributed by atoms with van der Waals surface area (Å²) in [6, 6.07) is 9.31. The quantitative estimate of drug-likeness (QED) is 0.896. The highest BCUT2D eigenvalue weighted by Crippen LogP contribution is 2.29. The van der Waals surface area contributed by atoms with Crippen molar-refractivity contribution in [3.05, 3.63) is 48.0 Å². The number of carbonyl (C=O) groups is 1. The van der Waals surface area contributed by atoms with Crippen LogP contribution in [0.15, 0.2) is 40.8 Å². The van der Waals surface area contributed by atoms with Gasteiger partial charge in [-0.05, 0) is 49.2 Å². The van der Waals surface area contributed by atoms with Crippen molar-refractivity contribution in [1.82, 2.24) is 5.32 Å². The van der Waals surface area contributed by atoms with Crippen LogP contribution in [0.25, 0.3) is 11.3 Å². The molecule has 124 valence electrons. The fourth-order valence-corrected chi connectivity index (χ4v) is 2.96. The molecule has 6 heteroatoms. The van der Waals surface area contributed by atoms with Gasteiger partial charge >= 0.3 is 0 Å². The molecule has 1 fully saturated rings. The standard InChI is InChI=1S/C17H19FN2O2.ClH/c18-13-5-3-12(4-6-13)14-7-8-15(22-14)16(21)20-17(11-19)9-1-2-10-17;/h3-8H,1-2,9-11,19H2,(H,20,21);1H. The van der Waals surface area contributed by atoms with Gasteiger partial charge in [0.25, 0.3) is 5.91 Å². The first-order valence-electron chi connectivity index (χ1n) is 7.50. The SMILES string of the molecule is Cl.NCC1(NC(=O)c2ccc(-c3ccc(F)cc3)o2)CCCC1. The van der Waals surface area contributed by atoms with Gasteiger partial charge < -0.3 is 15.5 Å². The Kier molecular flexibility index (Phi) is 5.44. The molecule has 0 saturated heterocycles. The molecule has 0 bridgehead atoms. The van der Waals surface area contributed by atoms with E-state index in [9.17, 15) is 9.18 Å². The number of amides is 1. The average Bonchev–Trinajstić information content (AvgIpc) is 3.18. The number of carbonyl (C=O) groups excluding carboxylic acids is 1. The van der Waals surface area contributed by atoms with Crippen molar-refractivity contribution in [2.75, 3.05) is 6.54 Å². The maximum Gasteiger partial charge on any atom is 0.287 e. The van der Waals surface area contributed by atoms with E-state index in [1.54, 1.807) is 24.3 Å². The van der Waals surface area contributed by atoms with E-state index in [1.807, 2.05) is 0 Å². The lowest BCUT2D eigenvalue weighted by Gasteiger charge is -2.28. The molecule has 1 heterocycles. The van der Waals surface area contributed by atoms with Crippen LogP contribution in [0.1, 0.15) is 36.2 Å². The summed E-state index contributed by atoms with van der Waals surface area (Å²) in [5.41, 5.74) is 6.25. The second-order valence-corrected chi connectivity index (χ2v) is 5.82. The molecule has 0 unspecified atom stereocenters. The van der Waals surface area contributed by atoms with E-state index in [2.05, 4.69) is 5.32 Å². The van der Waals surface area contributed by atoms with E-state index in [0.29, 0.717) is 12.3 Å². The number of nitrogens with two attached hydrogens (primary N) is 1. The first-order valence-corrected chi connectivity index (χ1v) is 7.50. The van der Waals surface area contributed by atoms with Gasteiger partial charge in [-0.25, -0.2) is 4.39 Å². The molecule has 1 aliphatic carbocycles. The largest absolute Gasteiger partial charge is 0.451 e. The molecule has 2 aromatic rings. The van der Waals surface area contributed by atoms with E-state index in [-0.39, 0.29) is 35.4 Å². The van der Waals surface area contributed by atoms with Crippen LogP contribution < -0.4 is 11.1 Å². The van der Waals surface area contributed by atoms with E-state index in [1.165, 1.54) is 12.1 Å². The monoisotopic (exact) mass is 338 g/mol. The third kappa shape index (κ3) is 3.74. The van der Waals surface area contributed by atoms with Crippen LogP contribution >= 0.6 is 12.4 Å². The van der Waals surface area contributed by atoms with Crippen LogP contribution in [0.4, 0.5) is 4.39 Å². The summed E-state index contributed by atoms with van der Waals surface area (Å²) >= 11 is 0. The summed E-state index contributed by atoms with van der Waals surface area (Å²) in [4.78, 5) is 12.3. The minimum atomic E-state index is -0.306. The highest BCUT2D eigenvalue weighted by molar-refractivity contribution is 5.92. The highest BCUT2D eigenvalue weighted by atomic mass is 35.5. The molecule has 1 saturated carbocycles. The average molecular weight is 339 g/mol. The topological polar surface area (TPSA) is 68.3 Å². The fraction of sp³-hybridized carbons (Fsp3) is 0.353. The van der Waals surface area contributed by atoms with Crippen molar-refractivity contribution in [2.45, 2.75) is 31.2 Å². The molecule has 1 aliphatic rings. The zero-order chi connectivity index (χ0) is 15.6. The minimum absolute atomic E-state index is 0. The Hall–Kier alpha value is -1.85. The highest BCUT2D eigenvalue weighted by Gasteiger charge is 2.34. The summed E-state index contributed by atoms with van der Waals surface area (Å²) in [7, 11) is 0. The Morgan fingerprint density at radius 3 is 2.43 bits per heavy atom. The number of hydrogen-bond acceptors (Lipinski definition) is 3. The Morgan fingerprint density at radius 1 is 1.17 bits per heavy atom. The normalized spacial score (nSPS) is 15.9. The Balaban J connectivity index is 0.00000192. The van der Waals surface area contributed by atoms with Crippen molar-refractivity contribution in [2.24, 2.45) is 5.73 Å². The maximum atomic E-state index is 12.9. The Labute approximate surface area is 140 Å². The summed E-state index contributed by atoms with van der Waals surface area (Å²) in [5.74, 6) is 0.234. The van der Waals surface area contributed by atoms with Gasteiger partial charge in [0.1, 0.15) is 11.6 Å². The number of rotatable bonds is 4. The second kappa shape index (κ2) is 7.15. The third-order valence-corrected chi connectivity index (χ3v) is 4.29. The van der Waals surface area contributed by atoms with Crippen LogP contribution in [-0.4, -0.2) is 18.0 Å². The number of nitrogens with one attached hydrogen (secondary N) is 1. The molecule has 1 aromatic carbocycles.